The first kappa shape index (κ1) is 28.8. The van der Waals surface area contributed by atoms with Gasteiger partial charge in [0.15, 0.2) is 11.5 Å². The number of amides is 4. The van der Waals surface area contributed by atoms with Crippen LogP contribution in [0.3, 0.4) is 0 Å². The Kier molecular flexibility index (Phi) is 6.80. The van der Waals surface area contributed by atoms with E-state index in [0.717, 1.165) is 11.1 Å². The summed E-state index contributed by atoms with van der Waals surface area (Å²) >= 11 is 0. The summed E-state index contributed by atoms with van der Waals surface area (Å²) in [6.45, 7) is 2.05. The maximum Gasteiger partial charge on any atom is 0.241 e. The Labute approximate surface area is 260 Å². The number of anilines is 1. The Morgan fingerprint density at radius 2 is 1.62 bits per heavy atom. The summed E-state index contributed by atoms with van der Waals surface area (Å²) < 4.78 is 5.43. The molecule has 0 unspecified atom stereocenters. The van der Waals surface area contributed by atoms with Gasteiger partial charge in [-0.2, -0.15) is 0 Å². The van der Waals surface area contributed by atoms with E-state index in [1.165, 1.54) is 23.0 Å². The van der Waals surface area contributed by atoms with E-state index in [1.807, 2.05) is 19.1 Å². The number of phenols is 2. The van der Waals surface area contributed by atoms with Crippen LogP contribution in [-0.2, 0) is 25.6 Å². The highest BCUT2D eigenvalue weighted by atomic mass is 16.5. The van der Waals surface area contributed by atoms with Crippen LogP contribution in [0, 0.1) is 29.1 Å². The second-order valence-electron chi connectivity index (χ2n) is 12.7. The molecule has 6 atom stereocenters. The fourth-order valence-corrected chi connectivity index (χ4v) is 8.28. The molecule has 9 heteroatoms. The number of nitrogens with zero attached hydrogens (tertiary/aromatic N) is 2. The zero-order valence-corrected chi connectivity index (χ0v) is 25.1. The van der Waals surface area contributed by atoms with E-state index >= 15 is 0 Å². The third-order valence-corrected chi connectivity index (χ3v) is 10.5. The molecule has 3 aromatic carbocycles. The molecule has 4 aliphatic rings. The zero-order valence-electron chi connectivity index (χ0n) is 25.1. The zero-order chi connectivity index (χ0) is 31.6. The fourth-order valence-electron chi connectivity index (χ4n) is 8.28. The van der Waals surface area contributed by atoms with Gasteiger partial charge < -0.3 is 14.9 Å². The highest BCUT2D eigenvalue weighted by molar-refractivity contribution is 6.24. The van der Waals surface area contributed by atoms with Gasteiger partial charge in [0, 0.05) is 12.5 Å². The molecule has 7 rings (SSSR count). The molecule has 0 bridgehead atoms. The lowest BCUT2D eigenvalue weighted by atomic mass is 9.51. The summed E-state index contributed by atoms with van der Waals surface area (Å²) in [4.78, 5) is 59.1. The number of phenolic OH excluding ortho intramolecular Hbond substituents is 2. The molecule has 0 spiro atoms. The molecule has 0 radical (unpaired) electrons. The number of methoxy groups -OCH3 is 1. The molecule has 0 aromatic heterocycles. The summed E-state index contributed by atoms with van der Waals surface area (Å²) in [6.07, 6.45) is 3.09. The topological polar surface area (TPSA) is 124 Å². The van der Waals surface area contributed by atoms with Gasteiger partial charge in [-0.1, -0.05) is 48.0 Å². The van der Waals surface area contributed by atoms with Gasteiger partial charge in [-0.15, -0.1) is 0 Å². The molecule has 230 valence electrons. The lowest BCUT2D eigenvalue weighted by Crippen LogP contribution is -2.48. The van der Waals surface area contributed by atoms with Crippen molar-refractivity contribution in [1.29, 1.82) is 0 Å². The van der Waals surface area contributed by atoms with Crippen LogP contribution in [0.25, 0.3) is 0 Å². The van der Waals surface area contributed by atoms with Crippen molar-refractivity contribution < 1.29 is 34.1 Å². The maximum absolute atomic E-state index is 14.4. The highest BCUT2D eigenvalue weighted by Gasteiger charge is 2.67. The number of fused-ring (bicyclic) bond motifs is 4. The molecule has 3 fully saturated rings. The number of aromatic hydroxyl groups is 2. The third-order valence-electron chi connectivity index (χ3n) is 10.5. The van der Waals surface area contributed by atoms with Gasteiger partial charge in [0.25, 0.3) is 0 Å². The number of rotatable bonds is 6. The molecular weight excluding hydrogens is 572 g/mol. The van der Waals surface area contributed by atoms with Crippen LogP contribution in [0.1, 0.15) is 36.8 Å². The van der Waals surface area contributed by atoms with E-state index in [2.05, 4.69) is 0 Å². The minimum Gasteiger partial charge on any atom is -0.508 e. The van der Waals surface area contributed by atoms with E-state index in [9.17, 15) is 29.4 Å². The van der Waals surface area contributed by atoms with Crippen molar-refractivity contribution in [2.24, 2.45) is 29.1 Å². The van der Waals surface area contributed by atoms with Crippen molar-refractivity contribution >= 4 is 29.3 Å². The van der Waals surface area contributed by atoms with Crippen molar-refractivity contribution in [3.8, 4) is 17.2 Å². The number of likely N-dealkylation sites (tertiary alicyclic amines) is 1. The van der Waals surface area contributed by atoms with E-state index in [4.69, 9.17) is 4.74 Å². The van der Waals surface area contributed by atoms with Crippen LogP contribution >= 0.6 is 0 Å². The standard InChI is InChI=1S/C36H34N2O7/c1-36-27(33(42)38(35(36)44)22-6-4-3-5-7-22)19-26-24(31(36)21-10-15-28(40)29(18-21)45-2)13-14-25-30(26)34(43)37(32(25)41)17-16-20-8-11-23(39)12-9-20/h3-13,15,18,25-27,30-31,39-40H,14,16-17,19H2,1-2H3/t25-,26+,27-,30-,31-,36+/m0/s1. The average molecular weight is 607 g/mol. The fraction of sp³-hybridized carbons (Fsp3) is 0.333. The van der Waals surface area contributed by atoms with Crippen LogP contribution in [-0.4, -0.2) is 52.4 Å². The summed E-state index contributed by atoms with van der Waals surface area (Å²) in [7, 11) is 1.45. The van der Waals surface area contributed by atoms with Crippen molar-refractivity contribution in [3.63, 3.8) is 0 Å². The van der Waals surface area contributed by atoms with Gasteiger partial charge in [-0.3, -0.25) is 24.1 Å². The third kappa shape index (κ3) is 4.28. The molecule has 4 amide bonds. The SMILES string of the molecule is COc1cc([C@H]2C3=CC[C@@H]4C(=O)N(CCc5ccc(O)cc5)C(=O)[C@@H]4[C@@H]3C[C@H]3C(=O)N(c4ccccc4)C(=O)[C@@]23C)ccc1O. The molecule has 2 heterocycles. The monoisotopic (exact) mass is 606 g/mol. The van der Waals surface area contributed by atoms with Crippen molar-refractivity contribution in [2.45, 2.75) is 32.1 Å². The number of hydrogen-bond donors (Lipinski definition) is 2. The van der Waals surface area contributed by atoms with Gasteiger partial charge >= 0.3 is 0 Å². The Bertz CT molecular complexity index is 1750. The molecule has 2 aliphatic heterocycles. The van der Waals surface area contributed by atoms with Crippen molar-refractivity contribution in [1.82, 2.24) is 4.90 Å². The minimum absolute atomic E-state index is 0.0476. The number of allylic oxidation sites excluding steroid dienone is 2. The quantitative estimate of drug-likeness (QED) is 0.311. The number of ether oxygens (including phenoxy) is 1. The average Bonchev–Trinajstić information content (AvgIpc) is 3.40. The number of imide groups is 2. The van der Waals surface area contributed by atoms with Gasteiger partial charge in [0.05, 0.1) is 36.0 Å². The number of carbonyl (C=O) groups is 4. The van der Waals surface area contributed by atoms with Crippen LogP contribution in [0.15, 0.2) is 84.4 Å². The van der Waals surface area contributed by atoms with Crippen molar-refractivity contribution in [2.75, 3.05) is 18.6 Å². The van der Waals surface area contributed by atoms with Gasteiger partial charge in [-0.25, -0.2) is 4.90 Å². The van der Waals surface area contributed by atoms with E-state index < -0.39 is 35.0 Å². The number of benzene rings is 3. The van der Waals surface area contributed by atoms with Crippen LogP contribution in [0.5, 0.6) is 17.2 Å². The number of carbonyl (C=O) groups excluding carboxylic acids is 4. The molecular formula is C36H34N2O7. The summed E-state index contributed by atoms with van der Waals surface area (Å²) in [5.74, 6) is -3.67. The second kappa shape index (κ2) is 10.6. The van der Waals surface area contributed by atoms with E-state index in [1.54, 1.807) is 60.7 Å². The molecule has 9 nitrogen and oxygen atoms in total. The van der Waals surface area contributed by atoms with E-state index in [0.29, 0.717) is 24.1 Å². The van der Waals surface area contributed by atoms with Crippen LogP contribution < -0.4 is 9.64 Å². The number of para-hydroxylation sites is 1. The summed E-state index contributed by atoms with van der Waals surface area (Å²) in [5.41, 5.74) is 1.79. The molecule has 1 saturated carbocycles. The first-order valence-electron chi connectivity index (χ1n) is 15.3. The molecule has 2 saturated heterocycles. The van der Waals surface area contributed by atoms with Crippen LogP contribution in [0.4, 0.5) is 5.69 Å². The predicted octanol–water partition coefficient (Wildman–Crippen LogP) is 4.58. The molecule has 45 heavy (non-hydrogen) atoms. The van der Waals surface area contributed by atoms with Gasteiger partial charge in [0.1, 0.15) is 5.75 Å². The Hall–Kier alpha value is -4.92. The Morgan fingerprint density at radius 1 is 0.889 bits per heavy atom. The normalized spacial score (nSPS) is 28.9. The first-order chi connectivity index (χ1) is 21.6. The minimum atomic E-state index is -1.17. The lowest BCUT2D eigenvalue weighted by molar-refractivity contribution is -0.140. The van der Waals surface area contributed by atoms with E-state index in [-0.39, 0.29) is 53.8 Å². The maximum atomic E-state index is 14.4. The largest absolute Gasteiger partial charge is 0.508 e. The van der Waals surface area contributed by atoms with Gasteiger partial charge in [0.2, 0.25) is 23.6 Å². The molecule has 2 N–H and O–H groups in total. The smallest absolute Gasteiger partial charge is 0.241 e. The second-order valence-corrected chi connectivity index (χ2v) is 12.7. The molecule has 3 aromatic rings. The number of hydrogen-bond acceptors (Lipinski definition) is 7. The summed E-state index contributed by atoms with van der Waals surface area (Å²) in [6, 6.07) is 20.5. The van der Waals surface area contributed by atoms with Crippen LogP contribution in [0.2, 0.25) is 0 Å². The Morgan fingerprint density at radius 3 is 2.33 bits per heavy atom. The summed E-state index contributed by atoms with van der Waals surface area (Å²) in [5, 5.41) is 20.0. The highest BCUT2D eigenvalue weighted by Crippen LogP contribution is 2.63. The van der Waals surface area contributed by atoms with Crippen molar-refractivity contribution in [3.05, 3.63) is 95.6 Å². The predicted molar refractivity (Wildman–Crippen MR) is 164 cm³/mol. The molecule has 2 aliphatic carbocycles. The van der Waals surface area contributed by atoms with Gasteiger partial charge in [-0.05, 0) is 79.6 Å². The Balaban J connectivity index is 1.29. The first-order valence-corrected chi connectivity index (χ1v) is 15.3. The lowest BCUT2D eigenvalue weighted by Gasteiger charge is -2.49.